The Labute approximate surface area is 172 Å². The molecular formula is C21H23N3O4S. The Balaban J connectivity index is 1.93. The van der Waals surface area contributed by atoms with Crippen LogP contribution in [0.5, 0.6) is 0 Å². The van der Waals surface area contributed by atoms with Gasteiger partial charge in [-0.2, -0.15) is 0 Å². The number of aryl methyl sites for hydroxylation is 2. The second kappa shape index (κ2) is 8.16. The van der Waals surface area contributed by atoms with Gasteiger partial charge in [0.25, 0.3) is 5.56 Å². The Morgan fingerprint density at radius 1 is 1.14 bits per heavy atom. The van der Waals surface area contributed by atoms with E-state index in [2.05, 4.69) is 10.3 Å². The number of anilines is 1. The fourth-order valence-corrected chi connectivity index (χ4v) is 3.91. The Bertz CT molecular complexity index is 1130. The van der Waals surface area contributed by atoms with E-state index in [9.17, 15) is 14.4 Å². The average molecular weight is 413 g/mol. The van der Waals surface area contributed by atoms with Crippen LogP contribution in [0.25, 0.3) is 10.2 Å². The van der Waals surface area contributed by atoms with Crippen LogP contribution in [0.2, 0.25) is 0 Å². The van der Waals surface area contributed by atoms with Crippen molar-refractivity contribution in [3.63, 3.8) is 0 Å². The first kappa shape index (κ1) is 20.7. The highest BCUT2D eigenvalue weighted by molar-refractivity contribution is 7.20. The van der Waals surface area contributed by atoms with Gasteiger partial charge in [-0.25, -0.2) is 9.78 Å². The molecule has 0 aliphatic heterocycles. The number of aromatic nitrogens is 2. The highest BCUT2D eigenvalue weighted by atomic mass is 32.1. The van der Waals surface area contributed by atoms with Gasteiger partial charge in [0.05, 0.1) is 17.8 Å². The number of hydrogen-bond acceptors (Lipinski definition) is 6. The third kappa shape index (κ3) is 4.22. The fraction of sp³-hybridized carbons (Fsp3) is 0.333. The van der Waals surface area contributed by atoms with Gasteiger partial charge in [0.1, 0.15) is 15.7 Å². The molecule has 0 saturated heterocycles. The molecule has 0 spiro atoms. The smallest absolute Gasteiger partial charge is 0.348 e. The van der Waals surface area contributed by atoms with Crippen LogP contribution in [0.15, 0.2) is 35.4 Å². The molecule has 1 atom stereocenters. The van der Waals surface area contributed by atoms with Crippen LogP contribution in [0.4, 0.5) is 5.69 Å². The first-order valence-electron chi connectivity index (χ1n) is 9.27. The molecule has 0 radical (unpaired) electrons. The van der Waals surface area contributed by atoms with Crippen molar-refractivity contribution in [3.05, 3.63) is 57.0 Å². The van der Waals surface area contributed by atoms with Gasteiger partial charge < -0.3 is 10.1 Å². The van der Waals surface area contributed by atoms with Crippen LogP contribution in [-0.4, -0.2) is 27.5 Å². The summed E-state index contributed by atoms with van der Waals surface area (Å²) in [6, 6.07) is 6.63. The molecular weight excluding hydrogens is 390 g/mol. The third-order valence-corrected chi connectivity index (χ3v) is 5.70. The highest BCUT2D eigenvalue weighted by Crippen LogP contribution is 2.28. The molecule has 1 unspecified atom stereocenters. The van der Waals surface area contributed by atoms with Gasteiger partial charge in [0, 0.05) is 5.69 Å². The summed E-state index contributed by atoms with van der Waals surface area (Å²) in [5.41, 5.74) is 1.90. The van der Waals surface area contributed by atoms with Crippen LogP contribution in [-0.2, 0) is 9.53 Å². The van der Waals surface area contributed by atoms with E-state index >= 15 is 0 Å². The van der Waals surface area contributed by atoms with Crippen molar-refractivity contribution in [1.29, 1.82) is 0 Å². The SMILES string of the molecule is Cc1ccc(NC(=O)C(C)n2cnc3sc(C(=O)OC(C)C)c(C)c3c2=O)cc1. The summed E-state index contributed by atoms with van der Waals surface area (Å²) in [6.45, 7) is 8.82. The number of carbonyl (C=O) groups excluding carboxylic acids is 2. The molecule has 8 heteroatoms. The van der Waals surface area contributed by atoms with E-state index in [0.29, 0.717) is 26.3 Å². The molecule has 0 aliphatic rings. The topological polar surface area (TPSA) is 90.3 Å². The number of benzene rings is 1. The lowest BCUT2D eigenvalue weighted by molar-refractivity contribution is -0.118. The Morgan fingerprint density at radius 2 is 1.79 bits per heavy atom. The number of rotatable bonds is 5. The minimum Gasteiger partial charge on any atom is -0.459 e. The molecule has 0 fully saturated rings. The van der Waals surface area contributed by atoms with Crippen molar-refractivity contribution in [2.45, 2.75) is 46.8 Å². The second-order valence-electron chi connectivity index (χ2n) is 7.18. The molecule has 7 nitrogen and oxygen atoms in total. The Hall–Kier alpha value is -3.00. The normalized spacial score (nSPS) is 12.2. The van der Waals surface area contributed by atoms with Crippen molar-refractivity contribution in [3.8, 4) is 0 Å². The lowest BCUT2D eigenvalue weighted by Crippen LogP contribution is -2.31. The van der Waals surface area contributed by atoms with Crippen LogP contribution >= 0.6 is 11.3 Å². The van der Waals surface area contributed by atoms with Gasteiger partial charge in [-0.1, -0.05) is 17.7 Å². The van der Waals surface area contributed by atoms with Gasteiger partial charge in [-0.05, 0) is 52.3 Å². The first-order valence-corrected chi connectivity index (χ1v) is 10.1. The van der Waals surface area contributed by atoms with Crippen LogP contribution in [0.1, 0.15) is 47.6 Å². The number of fused-ring (bicyclic) bond motifs is 1. The highest BCUT2D eigenvalue weighted by Gasteiger charge is 2.24. The van der Waals surface area contributed by atoms with E-state index in [0.717, 1.165) is 16.9 Å². The molecule has 2 aromatic heterocycles. The van der Waals surface area contributed by atoms with Crippen LogP contribution in [0.3, 0.4) is 0 Å². The quantitative estimate of drug-likeness (QED) is 0.642. The van der Waals surface area contributed by atoms with E-state index in [1.807, 2.05) is 19.1 Å². The van der Waals surface area contributed by atoms with E-state index < -0.39 is 12.0 Å². The molecule has 1 N–H and O–H groups in total. The number of esters is 1. The first-order chi connectivity index (χ1) is 13.7. The molecule has 29 heavy (non-hydrogen) atoms. The Morgan fingerprint density at radius 3 is 2.41 bits per heavy atom. The van der Waals surface area contributed by atoms with E-state index in [-0.39, 0.29) is 17.6 Å². The summed E-state index contributed by atoms with van der Waals surface area (Å²) in [5.74, 6) is -0.805. The van der Waals surface area contributed by atoms with Crippen molar-refractivity contribution in [2.24, 2.45) is 0 Å². The molecule has 152 valence electrons. The van der Waals surface area contributed by atoms with Crippen molar-refractivity contribution in [2.75, 3.05) is 5.32 Å². The molecule has 0 bridgehead atoms. The molecule has 3 rings (SSSR count). The largest absolute Gasteiger partial charge is 0.459 e. The zero-order valence-electron chi connectivity index (χ0n) is 17.0. The average Bonchev–Trinajstić information content (AvgIpc) is 3.00. The summed E-state index contributed by atoms with van der Waals surface area (Å²) in [5, 5.41) is 3.14. The number of carbonyl (C=O) groups is 2. The fourth-order valence-electron chi connectivity index (χ4n) is 2.89. The van der Waals surface area contributed by atoms with Crippen molar-refractivity contribution in [1.82, 2.24) is 9.55 Å². The van der Waals surface area contributed by atoms with Gasteiger partial charge in [-0.15, -0.1) is 11.3 Å². The standard InChI is InChI=1S/C21H23N3O4S/c1-11(2)28-21(27)17-13(4)16-19(29-17)22-10-24(20(16)26)14(5)18(25)23-15-8-6-12(3)7-9-15/h6-11,14H,1-5H3,(H,23,25). The van der Waals surface area contributed by atoms with E-state index in [4.69, 9.17) is 4.74 Å². The summed E-state index contributed by atoms with van der Waals surface area (Å²) < 4.78 is 6.53. The number of amides is 1. The molecule has 1 amide bonds. The van der Waals surface area contributed by atoms with E-state index in [1.165, 1.54) is 10.9 Å². The van der Waals surface area contributed by atoms with Gasteiger partial charge in [0.2, 0.25) is 5.91 Å². The number of ether oxygens (including phenoxy) is 1. The van der Waals surface area contributed by atoms with Gasteiger partial charge in [-0.3, -0.25) is 14.2 Å². The van der Waals surface area contributed by atoms with Gasteiger partial charge >= 0.3 is 5.97 Å². The number of nitrogens with one attached hydrogen (secondary N) is 1. The maximum atomic E-state index is 13.0. The van der Waals surface area contributed by atoms with E-state index in [1.54, 1.807) is 39.8 Å². The number of nitrogens with zero attached hydrogens (tertiary/aromatic N) is 2. The number of thiophene rings is 1. The van der Waals surface area contributed by atoms with Crippen molar-refractivity contribution >= 4 is 39.1 Å². The lowest BCUT2D eigenvalue weighted by atomic mass is 10.2. The maximum Gasteiger partial charge on any atom is 0.348 e. The monoisotopic (exact) mass is 413 g/mol. The maximum absolute atomic E-state index is 13.0. The second-order valence-corrected chi connectivity index (χ2v) is 8.18. The van der Waals surface area contributed by atoms with Crippen LogP contribution < -0.4 is 10.9 Å². The Kier molecular flexibility index (Phi) is 5.83. The zero-order chi connectivity index (χ0) is 21.3. The summed E-state index contributed by atoms with van der Waals surface area (Å²) in [7, 11) is 0. The van der Waals surface area contributed by atoms with Crippen LogP contribution in [0, 0.1) is 13.8 Å². The zero-order valence-corrected chi connectivity index (χ0v) is 17.8. The summed E-state index contributed by atoms with van der Waals surface area (Å²) in [4.78, 5) is 43.1. The molecule has 3 aromatic rings. The summed E-state index contributed by atoms with van der Waals surface area (Å²) in [6.07, 6.45) is 1.08. The molecule has 1 aromatic carbocycles. The molecule has 0 saturated carbocycles. The molecule has 0 aliphatic carbocycles. The summed E-state index contributed by atoms with van der Waals surface area (Å²) >= 11 is 1.12. The minimum atomic E-state index is -0.772. The third-order valence-electron chi connectivity index (χ3n) is 4.52. The number of hydrogen-bond donors (Lipinski definition) is 1. The van der Waals surface area contributed by atoms with Gasteiger partial charge in [0.15, 0.2) is 0 Å². The minimum absolute atomic E-state index is 0.262. The predicted molar refractivity (Wildman–Crippen MR) is 114 cm³/mol. The molecule has 2 heterocycles. The predicted octanol–water partition coefficient (Wildman–Crippen LogP) is 3.84. The lowest BCUT2D eigenvalue weighted by Gasteiger charge is -2.15. The van der Waals surface area contributed by atoms with Crippen molar-refractivity contribution < 1.29 is 14.3 Å².